The Morgan fingerprint density at radius 1 is 1.33 bits per heavy atom. The summed E-state index contributed by atoms with van der Waals surface area (Å²) in [7, 11) is -4.00. The highest BCUT2D eigenvalue weighted by Gasteiger charge is 2.52. The molecule has 0 radical (unpaired) electrons. The van der Waals surface area contributed by atoms with Crippen molar-refractivity contribution in [3.8, 4) is 0 Å². The molecule has 2 rings (SSSR count). The van der Waals surface area contributed by atoms with Crippen LogP contribution in [-0.2, 0) is 38.5 Å². The highest BCUT2D eigenvalue weighted by atomic mass is 32.3. The van der Waals surface area contributed by atoms with E-state index in [-0.39, 0.29) is 13.2 Å². The number of hydrogen-bond acceptors (Lipinski definition) is 7. The molecule has 0 aromatic rings. The van der Waals surface area contributed by atoms with Crippen LogP contribution in [-0.4, -0.2) is 31.6 Å². The lowest BCUT2D eigenvalue weighted by molar-refractivity contribution is -0.0784. The molecule has 2 fully saturated rings. The molecule has 70 valence electrons. The van der Waals surface area contributed by atoms with Gasteiger partial charge in [0.15, 0.2) is 0 Å². The van der Waals surface area contributed by atoms with E-state index < -0.39 is 27.5 Å². The normalized spacial score (nSPS) is 45.5. The molecule has 12 heavy (non-hydrogen) atoms. The predicted molar refractivity (Wildman–Crippen MR) is 33.9 cm³/mol. The maximum atomic E-state index is 10.6. The summed E-state index contributed by atoms with van der Waals surface area (Å²) in [6.45, 7) is -0.556. The summed E-state index contributed by atoms with van der Waals surface area (Å²) in [5, 5.41) is 0. The Bertz CT molecular complexity index is 320. The largest absolute Gasteiger partial charge is 0.403 e. The molecule has 0 bridgehead atoms. The molecule has 0 amide bonds. The summed E-state index contributed by atoms with van der Waals surface area (Å²) in [5.41, 5.74) is 0. The maximum absolute atomic E-state index is 10.6. The van der Waals surface area contributed by atoms with Crippen molar-refractivity contribution in [1.82, 2.24) is 0 Å². The summed E-state index contributed by atoms with van der Waals surface area (Å²) in [6, 6.07) is 0. The van der Waals surface area contributed by atoms with Crippen LogP contribution < -0.4 is 0 Å². The fraction of sp³-hybridized carbons (Fsp3) is 1.00. The lowest BCUT2D eigenvalue weighted by Gasteiger charge is -2.10. The minimum atomic E-state index is -4.00. The van der Waals surface area contributed by atoms with Crippen LogP contribution in [0.25, 0.3) is 0 Å². The molecule has 2 aliphatic rings. The van der Waals surface area contributed by atoms with Crippen LogP contribution in [0.2, 0.25) is 0 Å². The first-order valence-corrected chi connectivity index (χ1v) is 5.19. The van der Waals surface area contributed by atoms with Gasteiger partial charge >= 0.3 is 21.8 Å². The van der Waals surface area contributed by atoms with E-state index in [1.807, 2.05) is 0 Å². The third kappa shape index (κ3) is 1.39. The molecule has 2 atom stereocenters. The van der Waals surface area contributed by atoms with Crippen molar-refractivity contribution in [1.29, 1.82) is 0 Å². The lowest BCUT2D eigenvalue weighted by atomic mass is 10.3. The second-order valence-electron chi connectivity index (χ2n) is 2.21. The van der Waals surface area contributed by atoms with E-state index in [2.05, 4.69) is 16.7 Å². The summed E-state index contributed by atoms with van der Waals surface area (Å²) in [6.07, 6.45) is 0. The van der Waals surface area contributed by atoms with Crippen LogP contribution in [0.5, 0.6) is 0 Å². The Labute approximate surface area is 70.7 Å². The van der Waals surface area contributed by atoms with Crippen molar-refractivity contribution < 1.29 is 29.4 Å². The molecule has 1 spiro atoms. The monoisotopic (exact) mass is 216 g/mol. The Kier molecular flexibility index (Phi) is 1.75. The van der Waals surface area contributed by atoms with Crippen LogP contribution in [0.3, 0.4) is 0 Å². The quantitative estimate of drug-likeness (QED) is 0.492. The second kappa shape index (κ2) is 2.47. The fourth-order valence-electron chi connectivity index (χ4n) is 0.810. The highest BCUT2D eigenvalue weighted by molar-refractivity contribution is 7.82. The minimum absolute atomic E-state index is 0.223. The molecule has 2 heterocycles. The minimum Gasteiger partial charge on any atom is -0.263 e. The molecule has 0 saturated carbocycles. The molecular weight excluding hydrogens is 212 g/mol. The van der Waals surface area contributed by atoms with E-state index in [9.17, 15) is 12.6 Å². The molecule has 7 nitrogen and oxygen atoms in total. The van der Waals surface area contributed by atoms with E-state index in [1.165, 1.54) is 0 Å². The van der Waals surface area contributed by atoms with Gasteiger partial charge in [0.1, 0.15) is 13.2 Å². The molecule has 0 aromatic heterocycles. The average molecular weight is 216 g/mol. The van der Waals surface area contributed by atoms with E-state index in [0.29, 0.717) is 0 Å². The van der Waals surface area contributed by atoms with Gasteiger partial charge in [-0.05, 0) is 0 Å². The molecule has 0 aromatic carbocycles. The van der Waals surface area contributed by atoms with Gasteiger partial charge in [0.25, 0.3) is 5.79 Å². The van der Waals surface area contributed by atoms with Gasteiger partial charge in [0.2, 0.25) is 0 Å². The van der Waals surface area contributed by atoms with Gasteiger partial charge in [0.05, 0.1) is 0 Å². The summed E-state index contributed by atoms with van der Waals surface area (Å²) < 4.78 is 49.4. The van der Waals surface area contributed by atoms with Crippen molar-refractivity contribution in [3.05, 3.63) is 0 Å². The molecule has 0 aliphatic carbocycles. The lowest BCUT2D eigenvalue weighted by Crippen LogP contribution is -2.34. The van der Waals surface area contributed by atoms with Gasteiger partial charge in [-0.1, -0.05) is 0 Å². The number of rotatable bonds is 0. The first kappa shape index (κ1) is 8.53. The van der Waals surface area contributed by atoms with Crippen LogP contribution in [0.1, 0.15) is 0 Å². The fourth-order valence-corrected chi connectivity index (χ4v) is 2.43. The topological polar surface area (TPSA) is 88.1 Å². The Morgan fingerprint density at radius 2 is 2.08 bits per heavy atom. The van der Waals surface area contributed by atoms with E-state index in [1.54, 1.807) is 0 Å². The standard InChI is InChI=1S/C3H4O7S2/c4-11-7-1-3(9-11)2-8-12(5,6)10-3/h1-2H2. The molecule has 0 N–H and O–H groups in total. The van der Waals surface area contributed by atoms with E-state index in [4.69, 9.17) is 0 Å². The zero-order valence-electron chi connectivity index (χ0n) is 5.59. The maximum Gasteiger partial charge on any atom is 0.403 e. The van der Waals surface area contributed by atoms with Gasteiger partial charge in [-0.15, -0.1) is 0 Å². The van der Waals surface area contributed by atoms with Gasteiger partial charge in [-0.2, -0.15) is 12.6 Å². The Morgan fingerprint density at radius 3 is 2.50 bits per heavy atom. The predicted octanol–water partition coefficient (Wildman–Crippen LogP) is -1.40. The average Bonchev–Trinajstić information content (AvgIpc) is 2.41. The molecule has 2 unspecified atom stereocenters. The summed E-state index contributed by atoms with van der Waals surface area (Å²) in [4.78, 5) is 0. The second-order valence-corrected chi connectivity index (χ2v) is 4.24. The van der Waals surface area contributed by atoms with Crippen LogP contribution in [0, 0.1) is 0 Å². The van der Waals surface area contributed by atoms with Crippen molar-refractivity contribution in [2.24, 2.45) is 0 Å². The van der Waals surface area contributed by atoms with Gasteiger partial charge in [0, 0.05) is 0 Å². The van der Waals surface area contributed by atoms with Crippen molar-refractivity contribution in [2.75, 3.05) is 13.2 Å². The van der Waals surface area contributed by atoms with Crippen LogP contribution in [0.4, 0.5) is 0 Å². The molecule has 9 heteroatoms. The molecular formula is C3H4O7S2. The molecule has 2 saturated heterocycles. The van der Waals surface area contributed by atoms with Crippen molar-refractivity contribution >= 4 is 21.8 Å². The van der Waals surface area contributed by atoms with Gasteiger partial charge < -0.3 is 0 Å². The van der Waals surface area contributed by atoms with Crippen LogP contribution in [0.15, 0.2) is 0 Å². The first-order chi connectivity index (χ1) is 5.52. The van der Waals surface area contributed by atoms with Crippen LogP contribution >= 0.6 is 0 Å². The summed E-state index contributed by atoms with van der Waals surface area (Å²) in [5.74, 6) is -1.54. The Balaban J connectivity index is 2.22. The highest BCUT2D eigenvalue weighted by Crippen LogP contribution is 2.31. The summed E-state index contributed by atoms with van der Waals surface area (Å²) >= 11 is -1.95. The van der Waals surface area contributed by atoms with Crippen molar-refractivity contribution in [2.45, 2.75) is 5.79 Å². The van der Waals surface area contributed by atoms with E-state index in [0.717, 1.165) is 0 Å². The zero-order chi connectivity index (χ0) is 8.82. The van der Waals surface area contributed by atoms with Gasteiger partial charge in [-0.25, -0.2) is 12.5 Å². The zero-order valence-corrected chi connectivity index (χ0v) is 7.22. The third-order valence-corrected chi connectivity index (χ3v) is 2.94. The SMILES string of the molecule is O=S1OCC2(COS(=O)(=O)O2)O1. The molecule has 2 aliphatic heterocycles. The smallest absolute Gasteiger partial charge is 0.263 e. The first-order valence-electron chi connectivity index (χ1n) is 2.86. The van der Waals surface area contributed by atoms with Gasteiger partial charge in [-0.3, -0.25) is 4.18 Å². The van der Waals surface area contributed by atoms with E-state index >= 15 is 0 Å². The Hall–Kier alpha value is -0.0600. The number of hydrogen-bond donors (Lipinski definition) is 0. The third-order valence-electron chi connectivity index (χ3n) is 1.27. The van der Waals surface area contributed by atoms with Crippen molar-refractivity contribution in [3.63, 3.8) is 0 Å².